The number of benzene rings is 1. The van der Waals surface area contributed by atoms with E-state index in [0.29, 0.717) is 27.9 Å². The number of carbonyl (C=O) groups is 1. The molecule has 1 rings (SSSR count). The van der Waals surface area contributed by atoms with Crippen LogP contribution in [-0.4, -0.2) is 18.5 Å². The van der Waals surface area contributed by atoms with Crippen LogP contribution in [0.1, 0.15) is 20.3 Å². The Morgan fingerprint density at radius 2 is 2.17 bits per heavy atom. The smallest absolute Gasteiger partial charge is 0.221 e. The highest BCUT2D eigenvalue weighted by atomic mass is 127. The second-order valence-electron chi connectivity index (χ2n) is 4.25. The van der Waals surface area contributed by atoms with Gasteiger partial charge in [-0.1, -0.05) is 0 Å². The van der Waals surface area contributed by atoms with Crippen LogP contribution in [0.3, 0.4) is 0 Å². The van der Waals surface area contributed by atoms with E-state index in [2.05, 4.69) is 10.6 Å². The Bertz CT molecular complexity index is 438. The topological polar surface area (TPSA) is 67.2 Å². The third kappa shape index (κ3) is 4.67. The van der Waals surface area contributed by atoms with E-state index in [4.69, 9.17) is 5.73 Å². The van der Waals surface area contributed by atoms with Gasteiger partial charge in [-0.25, -0.2) is 4.39 Å². The minimum atomic E-state index is -0.320. The average Bonchev–Trinajstić information content (AvgIpc) is 2.24. The maximum absolute atomic E-state index is 13.3. The van der Waals surface area contributed by atoms with Gasteiger partial charge in [-0.3, -0.25) is 4.79 Å². The molecule has 0 spiro atoms. The normalized spacial score (nSPS) is 10.5. The van der Waals surface area contributed by atoms with Gasteiger partial charge < -0.3 is 16.4 Å². The second kappa shape index (κ2) is 6.77. The van der Waals surface area contributed by atoms with Gasteiger partial charge >= 0.3 is 0 Å². The number of hydrogen-bond donors (Lipinski definition) is 3. The zero-order valence-electron chi connectivity index (χ0n) is 10.4. The lowest BCUT2D eigenvalue weighted by molar-refractivity contribution is -0.121. The lowest BCUT2D eigenvalue weighted by atomic mass is 10.2. The lowest BCUT2D eigenvalue weighted by Crippen LogP contribution is -2.31. The van der Waals surface area contributed by atoms with Crippen LogP contribution in [0.5, 0.6) is 0 Å². The molecule has 0 heterocycles. The number of nitrogens with two attached hydrogens (primary N) is 1. The molecule has 4 N–H and O–H groups in total. The highest BCUT2D eigenvalue weighted by Gasteiger charge is 2.07. The number of rotatable bonds is 5. The number of hydrogen-bond acceptors (Lipinski definition) is 3. The van der Waals surface area contributed by atoms with Crippen LogP contribution in [0.2, 0.25) is 0 Å². The average molecular weight is 365 g/mol. The Balaban J connectivity index is 2.49. The minimum Gasteiger partial charge on any atom is -0.397 e. The molecular weight excluding hydrogens is 348 g/mol. The Morgan fingerprint density at radius 3 is 2.78 bits per heavy atom. The van der Waals surface area contributed by atoms with Gasteiger partial charge in [0.05, 0.1) is 14.9 Å². The zero-order valence-corrected chi connectivity index (χ0v) is 12.5. The van der Waals surface area contributed by atoms with E-state index in [1.807, 2.05) is 36.4 Å². The van der Waals surface area contributed by atoms with Crippen molar-refractivity contribution in [1.82, 2.24) is 5.32 Å². The van der Waals surface area contributed by atoms with Gasteiger partial charge in [0.2, 0.25) is 5.91 Å². The summed E-state index contributed by atoms with van der Waals surface area (Å²) >= 11 is 1.88. The summed E-state index contributed by atoms with van der Waals surface area (Å²) in [5.74, 6) is -0.360. The predicted octanol–water partition coefficient (Wildman–Crippen LogP) is 2.34. The molecule has 4 nitrogen and oxygen atoms in total. The van der Waals surface area contributed by atoms with Crippen LogP contribution in [0, 0.1) is 9.39 Å². The third-order valence-corrected chi connectivity index (χ3v) is 3.04. The standard InChI is InChI=1S/C12H17FIN3O/c1-7(2)17-12(18)3-4-16-11-5-8(13)9(14)6-10(11)15/h5-7,16H,3-4,15H2,1-2H3,(H,17,18). The number of halogens is 2. The Morgan fingerprint density at radius 1 is 1.50 bits per heavy atom. The van der Waals surface area contributed by atoms with Crippen LogP contribution >= 0.6 is 22.6 Å². The molecule has 0 saturated heterocycles. The summed E-state index contributed by atoms with van der Waals surface area (Å²) in [6.07, 6.45) is 0.325. The van der Waals surface area contributed by atoms with Gasteiger partial charge in [-0.05, 0) is 42.5 Å². The van der Waals surface area contributed by atoms with Gasteiger partial charge in [0, 0.05) is 25.1 Å². The fourth-order valence-electron chi connectivity index (χ4n) is 1.42. The Kier molecular flexibility index (Phi) is 5.64. The summed E-state index contributed by atoms with van der Waals surface area (Å²) in [4.78, 5) is 11.4. The molecule has 1 aromatic carbocycles. The number of carbonyl (C=O) groups excluding carboxylic acids is 1. The molecule has 1 amide bonds. The summed E-state index contributed by atoms with van der Waals surface area (Å²) in [6.45, 7) is 4.22. The molecule has 0 aliphatic rings. The molecule has 0 aliphatic carbocycles. The van der Waals surface area contributed by atoms with E-state index in [1.54, 1.807) is 6.07 Å². The van der Waals surface area contributed by atoms with Crippen molar-refractivity contribution in [2.45, 2.75) is 26.3 Å². The molecule has 0 fully saturated rings. The Labute approximate surface area is 120 Å². The van der Waals surface area contributed by atoms with Crippen LogP contribution in [-0.2, 0) is 4.79 Å². The first-order valence-corrected chi connectivity index (χ1v) is 6.75. The second-order valence-corrected chi connectivity index (χ2v) is 5.41. The zero-order chi connectivity index (χ0) is 13.7. The monoisotopic (exact) mass is 365 g/mol. The predicted molar refractivity (Wildman–Crippen MR) is 79.9 cm³/mol. The quantitative estimate of drug-likeness (QED) is 0.554. The fraction of sp³-hybridized carbons (Fsp3) is 0.417. The molecule has 18 heavy (non-hydrogen) atoms. The Hall–Kier alpha value is -1.05. The van der Waals surface area contributed by atoms with Crippen molar-refractivity contribution in [2.24, 2.45) is 0 Å². The summed E-state index contributed by atoms with van der Waals surface area (Å²) in [5, 5.41) is 5.73. The first-order chi connectivity index (χ1) is 8.40. The summed E-state index contributed by atoms with van der Waals surface area (Å²) in [6, 6.07) is 3.03. The molecule has 6 heteroatoms. The van der Waals surface area contributed by atoms with Gasteiger partial charge in [0.15, 0.2) is 0 Å². The number of anilines is 2. The van der Waals surface area contributed by atoms with Crippen molar-refractivity contribution >= 4 is 39.9 Å². The van der Waals surface area contributed by atoms with E-state index in [9.17, 15) is 9.18 Å². The van der Waals surface area contributed by atoms with E-state index in [0.717, 1.165) is 0 Å². The van der Waals surface area contributed by atoms with Crippen LogP contribution in [0.4, 0.5) is 15.8 Å². The van der Waals surface area contributed by atoms with Crippen molar-refractivity contribution in [3.05, 3.63) is 21.5 Å². The number of nitrogen functional groups attached to an aromatic ring is 1. The number of amides is 1. The molecule has 0 bridgehead atoms. The molecule has 1 aromatic rings. The largest absolute Gasteiger partial charge is 0.397 e. The van der Waals surface area contributed by atoms with E-state index < -0.39 is 0 Å². The molecule has 0 aliphatic heterocycles. The van der Waals surface area contributed by atoms with E-state index >= 15 is 0 Å². The van der Waals surface area contributed by atoms with Gasteiger partial charge in [0.1, 0.15) is 5.82 Å². The third-order valence-electron chi connectivity index (χ3n) is 2.21. The first kappa shape index (κ1) is 15.0. The highest BCUT2D eigenvalue weighted by molar-refractivity contribution is 14.1. The van der Waals surface area contributed by atoms with Crippen molar-refractivity contribution in [3.8, 4) is 0 Å². The molecule has 0 aromatic heterocycles. The minimum absolute atomic E-state index is 0.0398. The molecular formula is C12H17FIN3O. The van der Waals surface area contributed by atoms with Gasteiger partial charge in [0.25, 0.3) is 0 Å². The molecule has 0 radical (unpaired) electrons. The molecule has 0 saturated carbocycles. The van der Waals surface area contributed by atoms with Gasteiger partial charge in [-0.2, -0.15) is 0 Å². The van der Waals surface area contributed by atoms with Crippen LogP contribution < -0.4 is 16.4 Å². The first-order valence-electron chi connectivity index (χ1n) is 5.68. The van der Waals surface area contributed by atoms with Crippen molar-refractivity contribution in [3.63, 3.8) is 0 Å². The van der Waals surface area contributed by atoms with E-state index in [-0.39, 0.29) is 17.8 Å². The molecule has 100 valence electrons. The van der Waals surface area contributed by atoms with E-state index in [1.165, 1.54) is 6.07 Å². The van der Waals surface area contributed by atoms with Crippen LogP contribution in [0.15, 0.2) is 12.1 Å². The molecule has 0 atom stereocenters. The van der Waals surface area contributed by atoms with Crippen molar-refractivity contribution in [1.29, 1.82) is 0 Å². The van der Waals surface area contributed by atoms with Crippen LogP contribution in [0.25, 0.3) is 0 Å². The summed E-state index contributed by atoms with van der Waals surface area (Å²) in [5.41, 5.74) is 6.75. The lowest BCUT2D eigenvalue weighted by Gasteiger charge is -2.11. The highest BCUT2D eigenvalue weighted by Crippen LogP contribution is 2.23. The maximum atomic E-state index is 13.3. The summed E-state index contributed by atoms with van der Waals surface area (Å²) in [7, 11) is 0. The van der Waals surface area contributed by atoms with Crippen molar-refractivity contribution in [2.75, 3.05) is 17.6 Å². The van der Waals surface area contributed by atoms with Gasteiger partial charge in [-0.15, -0.1) is 0 Å². The fourth-order valence-corrected chi connectivity index (χ4v) is 1.91. The van der Waals surface area contributed by atoms with Crippen molar-refractivity contribution < 1.29 is 9.18 Å². The summed E-state index contributed by atoms with van der Waals surface area (Å²) < 4.78 is 13.8. The molecule has 0 unspecified atom stereocenters. The number of nitrogens with one attached hydrogen (secondary N) is 2. The maximum Gasteiger partial charge on any atom is 0.221 e. The SMILES string of the molecule is CC(C)NC(=O)CCNc1cc(F)c(I)cc1N.